The Hall–Kier alpha value is -1.74. The summed E-state index contributed by atoms with van der Waals surface area (Å²) >= 11 is 0. The number of carbonyl (C=O) groups is 2. The fourth-order valence-electron chi connectivity index (χ4n) is 1.91. The summed E-state index contributed by atoms with van der Waals surface area (Å²) in [5, 5.41) is 10.3. The van der Waals surface area contributed by atoms with Crippen LogP contribution in [0.1, 0.15) is 33.6 Å². The molecule has 1 heterocycles. The van der Waals surface area contributed by atoms with E-state index < -0.39 is 17.7 Å². The van der Waals surface area contributed by atoms with Gasteiger partial charge in [0.25, 0.3) is 0 Å². The average molecular weight is 283 g/mol. The highest BCUT2D eigenvalue weighted by Crippen LogP contribution is 2.21. The fraction of sp³-hybridized carbons (Fsp3) is 0.714. The van der Waals surface area contributed by atoms with Gasteiger partial charge in [0.15, 0.2) is 6.10 Å². The normalized spacial score (nSPS) is 18.5. The number of likely N-dealkylation sites (tertiary alicyclic amines) is 1. The highest BCUT2D eigenvalue weighted by Gasteiger charge is 2.32. The average Bonchev–Trinajstić information content (AvgIpc) is 2.37. The molecule has 0 saturated carbocycles. The Morgan fingerprint density at radius 2 is 2.00 bits per heavy atom. The van der Waals surface area contributed by atoms with E-state index in [9.17, 15) is 14.7 Å². The number of hydrogen-bond acceptors (Lipinski definition) is 5. The Morgan fingerprint density at radius 1 is 1.40 bits per heavy atom. The van der Waals surface area contributed by atoms with Crippen molar-refractivity contribution in [2.24, 2.45) is 0 Å². The minimum atomic E-state index is -1.14. The fourth-order valence-corrected chi connectivity index (χ4v) is 1.91. The molecule has 0 aromatic carbocycles. The molecule has 1 atom stereocenters. The molecule has 0 aromatic heterocycles. The second-order valence-corrected chi connectivity index (χ2v) is 4.74. The van der Waals surface area contributed by atoms with E-state index in [1.165, 1.54) is 6.92 Å². The van der Waals surface area contributed by atoms with Crippen molar-refractivity contribution in [2.45, 2.75) is 45.3 Å². The topological polar surface area (TPSA) is 76.1 Å². The summed E-state index contributed by atoms with van der Waals surface area (Å²) in [6, 6.07) is 0. The molecule has 1 rings (SSSR count). The predicted molar refractivity (Wildman–Crippen MR) is 71.8 cm³/mol. The van der Waals surface area contributed by atoms with Gasteiger partial charge in [0.2, 0.25) is 0 Å². The van der Waals surface area contributed by atoms with Gasteiger partial charge in [-0.2, -0.15) is 0 Å². The lowest BCUT2D eigenvalue weighted by atomic mass is 9.92. The Labute approximate surface area is 119 Å². The van der Waals surface area contributed by atoms with E-state index in [4.69, 9.17) is 9.47 Å². The molecule has 1 N–H and O–H groups in total. The van der Waals surface area contributed by atoms with Gasteiger partial charge in [0, 0.05) is 32.9 Å². The van der Waals surface area contributed by atoms with Crippen molar-refractivity contribution in [3.05, 3.63) is 0 Å². The summed E-state index contributed by atoms with van der Waals surface area (Å²) in [5.41, 5.74) is -1.14. The summed E-state index contributed by atoms with van der Waals surface area (Å²) in [4.78, 5) is 23.8. The molecular weight excluding hydrogens is 262 g/mol. The van der Waals surface area contributed by atoms with Gasteiger partial charge in [0.1, 0.15) is 5.60 Å². The van der Waals surface area contributed by atoms with Gasteiger partial charge in [-0.3, -0.25) is 4.79 Å². The molecule has 0 aliphatic carbocycles. The lowest BCUT2D eigenvalue weighted by Crippen LogP contribution is -2.46. The van der Waals surface area contributed by atoms with Crippen LogP contribution in [-0.4, -0.2) is 53.5 Å². The lowest BCUT2D eigenvalue weighted by molar-refractivity contribution is -0.143. The first-order valence-corrected chi connectivity index (χ1v) is 6.70. The third kappa shape index (κ3) is 5.10. The zero-order chi connectivity index (χ0) is 15.2. The maximum absolute atomic E-state index is 11.5. The summed E-state index contributed by atoms with van der Waals surface area (Å²) in [6.45, 7) is 5.83. The Balaban J connectivity index is 2.52. The standard InChI is InChI=1S/C14H21NO5/c1-4-19-13(17)15-9-7-14(18,8-10-15)6-5-11(2)20-12(3)16/h11,18H,4,7-10H2,1-3H3. The first kappa shape index (κ1) is 16.3. The smallest absolute Gasteiger partial charge is 0.409 e. The van der Waals surface area contributed by atoms with Crippen LogP contribution in [0.15, 0.2) is 0 Å². The number of hydrogen-bond donors (Lipinski definition) is 1. The van der Waals surface area contributed by atoms with Crippen molar-refractivity contribution in [2.75, 3.05) is 19.7 Å². The first-order valence-electron chi connectivity index (χ1n) is 6.70. The number of ether oxygens (including phenoxy) is 2. The molecule has 1 aliphatic rings. The summed E-state index contributed by atoms with van der Waals surface area (Å²) in [7, 11) is 0. The number of esters is 1. The molecule has 20 heavy (non-hydrogen) atoms. The van der Waals surface area contributed by atoms with Crippen LogP contribution in [0.25, 0.3) is 0 Å². The number of nitrogens with zero attached hydrogens (tertiary/aromatic N) is 1. The third-order valence-corrected chi connectivity index (χ3v) is 2.97. The van der Waals surface area contributed by atoms with E-state index in [1.807, 2.05) is 0 Å². The number of rotatable bonds is 2. The second-order valence-electron chi connectivity index (χ2n) is 4.74. The minimum Gasteiger partial charge on any atom is -0.450 e. The molecule has 0 radical (unpaired) electrons. The maximum atomic E-state index is 11.5. The predicted octanol–water partition coefficient (Wildman–Crippen LogP) is 0.925. The van der Waals surface area contributed by atoms with Crippen molar-refractivity contribution in [3.63, 3.8) is 0 Å². The van der Waals surface area contributed by atoms with E-state index in [0.29, 0.717) is 32.5 Å². The number of piperidine rings is 1. The van der Waals surface area contributed by atoms with Crippen LogP contribution < -0.4 is 0 Å². The van der Waals surface area contributed by atoms with E-state index in [0.717, 1.165) is 0 Å². The third-order valence-electron chi connectivity index (χ3n) is 2.97. The van der Waals surface area contributed by atoms with Crippen molar-refractivity contribution in [1.82, 2.24) is 4.90 Å². The summed E-state index contributed by atoms with van der Waals surface area (Å²) in [5.74, 6) is 5.05. The first-order chi connectivity index (χ1) is 9.36. The van der Waals surface area contributed by atoms with Crippen LogP contribution in [0, 0.1) is 11.8 Å². The molecule has 1 aliphatic heterocycles. The van der Waals surface area contributed by atoms with Gasteiger partial charge in [-0.15, -0.1) is 0 Å². The lowest BCUT2D eigenvalue weighted by Gasteiger charge is -2.34. The highest BCUT2D eigenvalue weighted by molar-refractivity contribution is 5.67. The second kappa shape index (κ2) is 7.15. The molecule has 6 heteroatoms. The van der Waals surface area contributed by atoms with E-state index >= 15 is 0 Å². The Bertz CT molecular complexity index is 415. The van der Waals surface area contributed by atoms with Crippen LogP contribution in [-0.2, 0) is 14.3 Å². The van der Waals surface area contributed by atoms with Crippen molar-refractivity contribution in [1.29, 1.82) is 0 Å². The highest BCUT2D eigenvalue weighted by atomic mass is 16.6. The SMILES string of the molecule is CCOC(=O)N1CCC(O)(C#CC(C)OC(C)=O)CC1. The monoisotopic (exact) mass is 283 g/mol. The number of amides is 1. The van der Waals surface area contributed by atoms with E-state index in [1.54, 1.807) is 18.7 Å². The molecular formula is C14H21NO5. The quantitative estimate of drug-likeness (QED) is 0.602. The van der Waals surface area contributed by atoms with Gasteiger partial charge < -0.3 is 19.5 Å². The van der Waals surface area contributed by atoms with Gasteiger partial charge in [-0.1, -0.05) is 11.8 Å². The maximum Gasteiger partial charge on any atom is 0.409 e. The zero-order valence-corrected chi connectivity index (χ0v) is 12.1. The van der Waals surface area contributed by atoms with Gasteiger partial charge in [0.05, 0.1) is 6.61 Å². The molecule has 112 valence electrons. The molecule has 0 aromatic rings. The largest absolute Gasteiger partial charge is 0.450 e. The van der Waals surface area contributed by atoms with Gasteiger partial charge in [-0.25, -0.2) is 4.79 Å². The zero-order valence-electron chi connectivity index (χ0n) is 12.1. The van der Waals surface area contributed by atoms with Crippen molar-refractivity contribution >= 4 is 12.1 Å². The van der Waals surface area contributed by atoms with Crippen LogP contribution in [0.3, 0.4) is 0 Å². The molecule has 6 nitrogen and oxygen atoms in total. The summed E-state index contributed by atoms with van der Waals surface area (Å²) < 4.78 is 9.77. The van der Waals surface area contributed by atoms with Crippen molar-refractivity contribution in [3.8, 4) is 11.8 Å². The molecule has 1 fully saturated rings. The van der Waals surface area contributed by atoms with Crippen LogP contribution >= 0.6 is 0 Å². The molecule has 1 unspecified atom stereocenters. The van der Waals surface area contributed by atoms with Crippen LogP contribution in [0.2, 0.25) is 0 Å². The van der Waals surface area contributed by atoms with Gasteiger partial charge >= 0.3 is 12.1 Å². The van der Waals surface area contributed by atoms with Crippen LogP contribution in [0.4, 0.5) is 4.79 Å². The van der Waals surface area contributed by atoms with E-state index in [2.05, 4.69) is 11.8 Å². The Morgan fingerprint density at radius 3 is 2.50 bits per heavy atom. The minimum absolute atomic E-state index is 0.333. The number of carbonyl (C=O) groups excluding carboxylic acids is 2. The van der Waals surface area contributed by atoms with Crippen molar-refractivity contribution < 1.29 is 24.2 Å². The summed E-state index contributed by atoms with van der Waals surface area (Å²) in [6.07, 6.45) is -0.215. The number of aliphatic hydroxyl groups is 1. The van der Waals surface area contributed by atoms with Crippen LogP contribution in [0.5, 0.6) is 0 Å². The van der Waals surface area contributed by atoms with E-state index in [-0.39, 0.29) is 6.09 Å². The molecule has 0 spiro atoms. The molecule has 1 saturated heterocycles. The molecule has 1 amide bonds. The Kier molecular flexibility index (Phi) is 5.83. The van der Waals surface area contributed by atoms with Gasteiger partial charge in [-0.05, 0) is 13.8 Å². The molecule has 0 bridgehead atoms.